The van der Waals surface area contributed by atoms with Crippen molar-refractivity contribution in [2.75, 3.05) is 0 Å². The van der Waals surface area contributed by atoms with Gasteiger partial charge in [0, 0.05) is 12.1 Å². The van der Waals surface area contributed by atoms with Crippen molar-refractivity contribution in [2.24, 2.45) is 0 Å². The number of nitrogens with zero attached hydrogens (tertiary/aromatic N) is 1. The summed E-state index contributed by atoms with van der Waals surface area (Å²) in [7, 11) is 0. The third-order valence-electron chi connectivity index (χ3n) is 3.03. The SMILES string of the molecule is [2H]c1cc([N+](=O)[O-])ccc1OC1O[C@@H](C)[C@@H](O)[C@@H](O)[C@@H]1O. The number of aliphatic hydroxyl groups is 3. The van der Waals surface area contributed by atoms with E-state index in [-0.39, 0.29) is 17.5 Å². The van der Waals surface area contributed by atoms with Gasteiger partial charge in [0.05, 0.1) is 12.4 Å². The van der Waals surface area contributed by atoms with Crippen LogP contribution in [0.15, 0.2) is 24.2 Å². The fraction of sp³-hybridized carbons (Fsp3) is 0.500. The topological polar surface area (TPSA) is 122 Å². The predicted octanol–water partition coefficient (Wildman–Crippen LogP) is -0.199. The molecule has 1 aromatic rings. The van der Waals surface area contributed by atoms with Crippen molar-refractivity contribution < 1.29 is 31.1 Å². The molecule has 0 spiro atoms. The van der Waals surface area contributed by atoms with Crippen molar-refractivity contribution in [1.82, 2.24) is 0 Å². The maximum Gasteiger partial charge on any atom is 0.269 e. The number of nitro groups is 1. The standard InChI is InChI=1S/C12H15NO7/c1-6-9(14)10(15)11(16)12(19-6)20-8-4-2-7(3-5-8)13(17)18/h2-6,9-12,14-16H,1H3/t6-,9+,10+,11-,12?/m0/s1/i4D. The van der Waals surface area contributed by atoms with Gasteiger partial charge < -0.3 is 24.8 Å². The summed E-state index contributed by atoms with van der Waals surface area (Å²) in [6.45, 7) is 1.49. The summed E-state index contributed by atoms with van der Waals surface area (Å²) in [6, 6.07) is 3.10. The van der Waals surface area contributed by atoms with E-state index >= 15 is 0 Å². The van der Waals surface area contributed by atoms with Gasteiger partial charge in [-0.05, 0) is 19.0 Å². The molecule has 8 heteroatoms. The van der Waals surface area contributed by atoms with Crippen molar-refractivity contribution in [1.29, 1.82) is 0 Å². The average molecular weight is 286 g/mol. The normalized spacial score (nSPS) is 34.4. The van der Waals surface area contributed by atoms with Crippen LogP contribution in [0.3, 0.4) is 0 Å². The van der Waals surface area contributed by atoms with E-state index in [1.807, 2.05) is 0 Å². The van der Waals surface area contributed by atoms with E-state index in [4.69, 9.17) is 10.8 Å². The Kier molecular flexibility index (Phi) is 3.79. The Morgan fingerprint density at radius 3 is 2.60 bits per heavy atom. The van der Waals surface area contributed by atoms with Gasteiger partial charge in [0.25, 0.3) is 5.69 Å². The third-order valence-corrected chi connectivity index (χ3v) is 3.03. The highest BCUT2D eigenvalue weighted by molar-refractivity contribution is 5.36. The van der Waals surface area contributed by atoms with E-state index in [9.17, 15) is 25.4 Å². The molecule has 1 aromatic carbocycles. The minimum absolute atomic E-state index is 0.0413. The number of ether oxygens (including phenoxy) is 2. The Balaban J connectivity index is 2.16. The van der Waals surface area contributed by atoms with Crippen LogP contribution in [0.4, 0.5) is 5.69 Å². The molecule has 0 amide bonds. The van der Waals surface area contributed by atoms with Gasteiger partial charge in [0.2, 0.25) is 6.29 Å². The molecule has 0 radical (unpaired) electrons. The summed E-state index contributed by atoms with van der Waals surface area (Å²) in [5.74, 6) is -0.0413. The van der Waals surface area contributed by atoms with Crippen molar-refractivity contribution in [3.05, 3.63) is 34.4 Å². The van der Waals surface area contributed by atoms with E-state index in [0.29, 0.717) is 0 Å². The van der Waals surface area contributed by atoms with E-state index in [1.165, 1.54) is 13.0 Å². The second-order valence-electron chi connectivity index (χ2n) is 4.47. The second kappa shape index (κ2) is 5.71. The first kappa shape index (κ1) is 13.3. The van der Waals surface area contributed by atoms with E-state index in [0.717, 1.165) is 12.1 Å². The predicted molar refractivity (Wildman–Crippen MR) is 66.1 cm³/mol. The molecule has 1 saturated heterocycles. The molecule has 1 aliphatic rings. The van der Waals surface area contributed by atoms with Crippen molar-refractivity contribution in [3.63, 3.8) is 0 Å². The molecule has 1 unspecified atom stereocenters. The molecule has 2 rings (SSSR count). The Bertz CT molecular complexity index is 540. The molecule has 1 fully saturated rings. The monoisotopic (exact) mass is 286 g/mol. The molecular weight excluding hydrogens is 270 g/mol. The van der Waals surface area contributed by atoms with Crippen molar-refractivity contribution in [2.45, 2.75) is 37.6 Å². The molecule has 5 atom stereocenters. The molecule has 0 aromatic heterocycles. The van der Waals surface area contributed by atoms with Crippen molar-refractivity contribution >= 4 is 5.69 Å². The minimum Gasteiger partial charge on any atom is -0.462 e. The van der Waals surface area contributed by atoms with Gasteiger partial charge in [0.15, 0.2) is 0 Å². The van der Waals surface area contributed by atoms with Crippen molar-refractivity contribution in [3.8, 4) is 5.75 Å². The number of hydrogen-bond donors (Lipinski definition) is 3. The zero-order valence-electron chi connectivity index (χ0n) is 11.5. The zero-order chi connectivity index (χ0) is 15.7. The van der Waals surface area contributed by atoms with E-state index in [1.54, 1.807) is 0 Å². The summed E-state index contributed by atoms with van der Waals surface area (Å²) < 4.78 is 18.1. The molecule has 0 aliphatic carbocycles. The first-order valence-corrected chi connectivity index (χ1v) is 5.92. The van der Waals surface area contributed by atoms with Crippen LogP contribution in [0, 0.1) is 10.1 Å². The lowest BCUT2D eigenvalue weighted by Gasteiger charge is -2.38. The van der Waals surface area contributed by atoms with Gasteiger partial charge in [0.1, 0.15) is 24.1 Å². The third kappa shape index (κ3) is 2.88. The second-order valence-corrected chi connectivity index (χ2v) is 4.47. The smallest absolute Gasteiger partial charge is 0.269 e. The van der Waals surface area contributed by atoms with Crippen LogP contribution in [-0.2, 0) is 4.74 Å². The van der Waals surface area contributed by atoms with E-state index in [2.05, 4.69) is 0 Å². The fourth-order valence-electron chi connectivity index (χ4n) is 1.83. The Morgan fingerprint density at radius 2 is 2.00 bits per heavy atom. The highest BCUT2D eigenvalue weighted by Gasteiger charge is 2.43. The molecule has 110 valence electrons. The lowest BCUT2D eigenvalue weighted by atomic mass is 10.00. The zero-order valence-corrected chi connectivity index (χ0v) is 10.5. The number of benzene rings is 1. The molecule has 3 N–H and O–H groups in total. The lowest BCUT2D eigenvalue weighted by molar-refractivity contribution is -0.384. The summed E-state index contributed by atoms with van der Waals surface area (Å²) >= 11 is 0. The molecule has 1 heterocycles. The molecule has 1 aliphatic heterocycles. The molecular formula is C12H15NO7. The summed E-state index contributed by atoms with van der Waals surface area (Å²) in [5, 5.41) is 39.6. The minimum atomic E-state index is -1.51. The van der Waals surface area contributed by atoms with Crippen LogP contribution in [0.5, 0.6) is 5.75 Å². The average Bonchev–Trinajstić information content (AvgIpc) is 2.44. The Morgan fingerprint density at radius 1 is 1.30 bits per heavy atom. The fourth-order valence-corrected chi connectivity index (χ4v) is 1.83. The van der Waals surface area contributed by atoms with Gasteiger partial charge in [-0.1, -0.05) is 0 Å². The van der Waals surface area contributed by atoms with Gasteiger partial charge in [-0.3, -0.25) is 10.1 Å². The van der Waals surface area contributed by atoms with Crippen LogP contribution in [-0.4, -0.2) is 50.9 Å². The Labute approximate surface area is 115 Å². The highest BCUT2D eigenvalue weighted by atomic mass is 16.7. The summed E-state index contributed by atoms with van der Waals surface area (Å²) in [4.78, 5) is 9.94. The van der Waals surface area contributed by atoms with Crippen LogP contribution in [0.2, 0.25) is 0 Å². The summed E-state index contributed by atoms with van der Waals surface area (Å²) in [5.41, 5.74) is -0.263. The van der Waals surface area contributed by atoms with Crippen LogP contribution >= 0.6 is 0 Å². The number of non-ortho nitro benzene ring substituents is 1. The van der Waals surface area contributed by atoms with Gasteiger partial charge >= 0.3 is 0 Å². The lowest BCUT2D eigenvalue weighted by Crippen LogP contribution is -2.58. The summed E-state index contributed by atoms with van der Waals surface area (Å²) in [6.07, 6.45) is -6.28. The molecule has 8 nitrogen and oxygen atoms in total. The first-order valence-electron chi connectivity index (χ1n) is 6.42. The number of nitro benzene ring substituents is 1. The van der Waals surface area contributed by atoms with Crippen LogP contribution in [0.25, 0.3) is 0 Å². The maximum atomic E-state index is 10.6. The largest absolute Gasteiger partial charge is 0.462 e. The molecule has 0 saturated carbocycles. The van der Waals surface area contributed by atoms with E-state index < -0.39 is 35.6 Å². The van der Waals surface area contributed by atoms with Gasteiger partial charge in [-0.15, -0.1) is 0 Å². The Hall–Kier alpha value is -1.74. The first-order chi connectivity index (χ1) is 9.81. The number of hydrogen-bond acceptors (Lipinski definition) is 7. The quantitative estimate of drug-likeness (QED) is 0.519. The highest BCUT2D eigenvalue weighted by Crippen LogP contribution is 2.25. The molecule has 0 bridgehead atoms. The van der Waals surface area contributed by atoms with Crippen LogP contribution in [0.1, 0.15) is 8.29 Å². The van der Waals surface area contributed by atoms with Crippen LogP contribution < -0.4 is 4.74 Å². The maximum absolute atomic E-state index is 10.6. The number of rotatable bonds is 3. The van der Waals surface area contributed by atoms with Gasteiger partial charge in [-0.25, -0.2) is 0 Å². The number of aliphatic hydroxyl groups excluding tert-OH is 3. The van der Waals surface area contributed by atoms with Gasteiger partial charge in [-0.2, -0.15) is 0 Å². The molecule has 20 heavy (non-hydrogen) atoms.